The van der Waals surface area contributed by atoms with Crippen molar-refractivity contribution in [1.29, 1.82) is 0 Å². The van der Waals surface area contributed by atoms with Gasteiger partial charge in [0.25, 0.3) is 0 Å². The monoisotopic (exact) mass is 227 g/mol. The summed E-state index contributed by atoms with van der Waals surface area (Å²) in [6.45, 7) is -0.321. The molecular weight excluding hydrogens is 221 g/mol. The molecule has 0 aliphatic rings. The molecule has 7 heteroatoms. The molecule has 0 aromatic heterocycles. The van der Waals surface area contributed by atoms with Gasteiger partial charge < -0.3 is 5.21 Å². The van der Waals surface area contributed by atoms with Gasteiger partial charge in [-0.25, -0.2) is 27.4 Å². The number of rotatable bonds is 3. The lowest BCUT2D eigenvalue weighted by molar-refractivity contribution is 0.167. The third-order valence-electron chi connectivity index (χ3n) is 1.79. The highest BCUT2D eigenvalue weighted by molar-refractivity contribution is 5.24. The van der Waals surface area contributed by atoms with Gasteiger partial charge in [0.15, 0.2) is 23.3 Å². The number of nitrogens with one attached hydrogen (secondary N) is 1. The molecule has 84 valence electrons. The maximum Gasteiger partial charge on any atom is 0.200 e. The van der Waals surface area contributed by atoms with Crippen LogP contribution in [0.1, 0.15) is 5.56 Å². The van der Waals surface area contributed by atoms with E-state index < -0.39 is 41.1 Å². The maximum absolute atomic E-state index is 12.9. The summed E-state index contributed by atoms with van der Waals surface area (Å²) >= 11 is 0. The molecule has 0 radical (unpaired) electrons. The molecule has 2 N–H and O–H groups in total. The Balaban J connectivity index is 3.26. The van der Waals surface area contributed by atoms with Crippen LogP contribution < -0.4 is 5.48 Å². The minimum absolute atomic E-state index is 0.321. The summed E-state index contributed by atoms with van der Waals surface area (Å²) in [5, 5.41) is 8.15. The molecule has 0 amide bonds. The van der Waals surface area contributed by atoms with Gasteiger partial charge in [0.2, 0.25) is 5.82 Å². The standard InChI is InChI=1S/C8H6F5NO/c9-4-3(1-2-14-15)5(10)7(12)8(13)6(4)11/h14-15H,1-2H2. The van der Waals surface area contributed by atoms with E-state index in [-0.39, 0.29) is 6.54 Å². The summed E-state index contributed by atoms with van der Waals surface area (Å²) in [6, 6.07) is 0. The number of benzene rings is 1. The Morgan fingerprint density at radius 3 is 1.60 bits per heavy atom. The van der Waals surface area contributed by atoms with Gasteiger partial charge in [0, 0.05) is 12.1 Å². The van der Waals surface area contributed by atoms with Gasteiger partial charge in [-0.05, 0) is 6.42 Å². The summed E-state index contributed by atoms with van der Waals surface area (Å²) in [5.74, 6) is -9.90. The van der Waals surface area contributed by atoms with E-state index in [0.717, 1.165) is 0 Å². The third-order valence-corrected chi connectivity index (χ3v) is 1.79. The Hall–Kier alpha value is -1.21. The van der Waals surface area contributed by atoms with Crippen molar-refractivity contribution in [3.8, 4) is 0 Å². The van der Waals surface area contributed by atoms with Crippen LogP contribution in [0.3, 0.4) is 0 Å². The SMILES string of the molecule is ONCCc1c(F)c(F)c(F)c(F)c1F. The molecule has 1 rings (SSSR count). The number of halogens is 5. The Labute approximate surface area is 81.3 Å². The second-order valence-electron chi connectivity index (χ2n) is 2.71. The molecule has 0 spiro atoms. The van der Waals surface area contributed by atoms with Gasteiger partial charge in [-0.15, -0.1) is 0 Å². The van der Waals surface area contributed by atoms with Crippen LogP contribution in [0.4, 0.5) is 22.0 Å². The Bertz CT molecular complexity index is 353. The van der Waals surface area contributed by atoms with Crippen LogP contribution in [0.5, 0.6) is 0 Å². The van der Waals surface area contributed by atoms with Gasteiger partial charge in [-0.3, -0.25) is 0 Å². The largest absolute Gasteiger partial charge is 0.317 e. The van der Waals surface area contributed by atoms with E-state index >= 15 is 0 Å². The molecule has 0 unspecified atom stereocenters. The number of hydrogen-bond donors (Lipinski definition) is 2. The van der Waals surface area contributed by atoms with Gasteiger partial charge in [0.05, 0.1) is 0 Å². The summed E-state index contributed by atoms with van der Waals surface area (Å²) in [4.78, 5) is 0. The van der Waals surface area contributed by atoms with Crippen LogP contribution in [0.15, 0.2) is 0 Å². The highest BCUT2D eigenvalue weighted by Gasteiger charge is 2.24. The zero-order valence-corrected chi connectivity index (χ0v) is 7.25. The fourth-order valence-electron chi connectivity index (χ4n) is 1.05. The molecule has 0 atom stereocenters. The van der Waals surface area contributed by atoms with E-state index in [9.17, 15) is 22.0 Å². The van der Waals surface area contributed by atoms with E-state index in [1.807, 2.05) is 0 Å². The quantitative estimate of drug-likeness (QED) is 0.358. The van der Waals surface area contributed by atoms with Crippen molar-refractivity contribution < 1.29 is 27.2 Å². The smallest absolute Gasteiger partial charge is 0.200 e. The van der Waals surface area contributed by atoms with Gasteiger partial charge in [-0.2, -0.15) is 0 Å². The summed E-state index contributed by atoms with van der Waals surface area (Å²) < 4.78 is 63.5. The molecular formula is C8H6F5NO. The Morgan fingerprint density at radius 2 is 1.20 bits per heavy atom. The second-order valence-corrected chi connectivity index (χ2v) is 2.71. The zero-order valence-electron chi connectivity index (χ0n) is 7.25. The van der Waals surface area contributed by atoms with E-state index in [4.69, 9.17) is 5.21 Å². The molecule has 1 aromatic carbocycles. The van der Waals surface area contributed by atoms with Crippen molar-refractivity contribution in [1.82, 2.24) is 5.48 Å². The zero-order chi connectivity index (χ0) is 11.6. The summed E-state index contributed by atoms with van der Waals surface area (Å²) in [5.41, 5.74) is 0.601. The molecule has 0 fully saturated rings. The number of hydroxylamine groups is 1. The third kappa shape index (κ3) is 2.07. The molecule has 2 nitrogen and oxygen atoms in total. The minimum atomic E-state index is -2.19. The lowest BCUT2D eigenvalue weighted by atomic mass is 10.1. The first-order valence-corrected chi connectivity index (χ1v) is 3.88. The van der Waals surface area contributed by atoms with Crippen molar-refractivity contribution >= 4 is 0 Å². The van der Waals surface area contributed by atoms with Crippen LogP contribution >= 0.6 is 0 Å². The minimum Gasteiger partial charge on any atom is -0.317 e. The Morgan fingerprint density at radius 1 is 0.800 bits per heavy atom. The predicted molar refractivity (Wildman–Crippen MR) is 39.7 cm³/mol. The van der Waals surface area contributed by atoms with Crippen LogP contribution in [-0.2, 0) is 6.42 Å². The fourth-order valence-corrected chi connectivity index (χ4v) is 1.05. The summed E-state index contributed by atoms with van der Waals surface area (Å²) in [7, 11) is 0. The summed E-state index contributed by atoms with van der Waals surface area (Å²) in [6.07, 6.45) is -0.512. The molecule has 15 heavy (non-hydrogen) atoms. The van der Waals surface area contributed by atoms with Crippen molar-refractivity contribution in [2.45, 2.75) is 6.42 Å². The first kappa shape index (κ1) is 11.9. The van der Waals surface area contributed by atoms with E-state index in [0.29, 0.717) is 0 Å². The molecule has 0 bridgehead atoms. The average molecular weight is 227 g/mol. The molecule has 0 aliphatic heterocycles. The first-order valence-electron chi connectivity index (χ1n) is 3.88. The Kier molecular flexibility index (Phi) is 3.59. The predicted octanol–water partition coefficient (Wildman–Crippen LogP) is 1.90. The molecule has 0 saturated heterocycles. The van der Waals surface area contributed by atoms with E-state index in [1.54, 1.807) is 5.48 Å². The van der Waals surface area contributed by atoms with Crippen molar-refractivity contribution in [3.63, 3.8) is 0 Å². The van der Waals surface area contributed by atoms with Crippen LogP contribution in [0.2, 0.25) is 0 Å². The fraction of sp³-hybridized carbons (Fsp3) is 0.250. The molecule has 0 heterocycles. The first-order chi connectivity index (χ1) is 7.00. The van der Waals surface area contributed by atoms with Crippen molar-refractivity contribution in [2.75, 3.05) is 6.54 Å². The van der Waals surface area contributed by atoms with Gasteiger partial charge in [0.1, 0.15) is 0 Å². The molecule has 0 aliphatic carbocycles. The van der Waals surface area contributed by atoms with Gasteiger partial charge in [-0.1, -0.05) is 0 Å². The lowest BCUT2D eigenvalue weighted by Crippen LogP contribution is -2.15. The van der Waals surface area contributed by atoms with Crippen LogP contribution in [0.25, 0.3) is 0 Å². The maximum atomic E-state index is 12.9. The van der Waals surface area contributed by atoms with Gasteiger partial charge >= 0.3 is 0 Å². The average Bonchev–Trinajstić information content (AvgIpc) is 2.24. The highest BCUT2D eigenvalue weighted by Crippen LogP contribution is 2.22. The van der Waals surface area contributed by atoms with Crippen molar-refractivity contribution in [3.05, 3.63) is 34.6 Å². The second kappa shape index (κ2) is 4.54. The normalized spacial score (nSPS) is 10.8. The van der Waals surface area contributed by atoms with E-state index in [2.05, 4.69) is 0 Å². The topological polar surface area (TPSA) is 32.3 Å². The number of hydrogen-bond acceptors (Lipinski definition) is 2. The molecule has 0 saturated carbocycles. The van der Waals surface area contributed by atoms with Crippen LogP contribution in [-0.4, -0.2) is 11.8 Å². The van der Waals surface area contributed by atoms with Crippen molar-refractivity contribution in [2.24, 2.45) is 0 Å². The highest BCUT2D eigenvalue weighted by atomic mass is 19.2. The van der Waals surface area contributed by atoms with E-state index in [1.165, 1.54) is 0 Å². The molecule has 1 aromatic rings. The lowest BCUT2D eigenvalue weighted by Gasteiger charge is -2.07. The van der Waals surface area contributed by atoms with Crippen LogP contribution in [0, 0.1) is 29.1 Å².